The van der Waals surface area contributed by atoms with Gasteiger partial charge < -0.3 is 5.32 Å². The van der Waals surface area contributed by atoms with Gasteiger partial charge >= 0.3 is 0 Å². The van der Waals surface area contributed by atoms with Gasteiger partial charge in [-0.05, 0) is 54.8 Å². The molecule has 1 saturated heterocycles. The van der Waals surface area contributed by atoms with Crippen molar-refractivity contribution in [1.29, 1.82) is 0 Å². The molecular weight excluding hydrogens is 399 g/mol. The van der Waals surface area contributed by atoms with Crippen molar-refractivity contribution in [3.8, 4) is 0 Å². The second kappa shape index (κ2) is 10.4. The van der Waals surface area contributed by atoms with Crippen LogP contribution < -0.4 is 5.32 Å². The van der Waals surface area contributed by atoms with Crippen LogP contribution in [0.2, 0.25) is 10.0 Å². The van der Waals surface area contributed by atoms with Crippen LogP contribution >= 0.6 is 35.0 Å². The molecule has 144 valence electrons. The predicted octanol–water partition coefficient (Wildman–Crippen LogP) is 5.14. The molecule has 1 amide bonds. The zero-order chi connectivity index (χ0) is 19.1. The maximum Gasteiger partial charge on any atom is 0.230 e. The van der Waals surface area contributed by atoms with Gasteiger partial charge in [0.05, 0.1) is 5.75 Å². The predicted molar refractivity (Wildman–Crippen MR) is 115 cm³/mol. The first-order chi connectivity index (χ1) is 13.1. The van der Waals surface area contributed by atoms with Gasteiger partial charge in [0.1, 0.15) is 0 Å². The molecule has 1 fully saturated rings. The lowest BCUT2D eigenvalue weighted by molar-refractivity contribution is -0.118. The smallest absolute Gasteiger partial charge is 0.230 e. The number of hydrogen-bond acceptors (Lipinski definition) is 3. The van der Waals surface area contributed by atoms with Gasteiger partial charge in [-0.3, -0.25) is 9.69 Å². The molecule has 1 heterocycles. The topological polar surface area (TPSA) is 32.3 Å². The molecule has 0 saturated carbocycles. The molecule has 3 nitrogen and oxygen atoms in total. The summed E-state index contributed by atoms with van der Waals surface area (Å²) in [5.74, 6) is 1.03. The summed E-state index contributed by atoms with van der Waals surface area (Å²) in [6.07, 6.45) is 2.57. The van der Waals surface area contributed by atoms with Crippen LogP contribution in [-0.4, -0.2) is 29.6 Å². The van der Waals surface area contributed by atoms with Gasteiger partial charge in [-0.25, -0.2) is 0 Å². The molecule has 2 aromatic rings. The van der Waals surface area contributed by atoms with Gasteiger partial charge in [0.2, 0.25) is 5.91 Å². The molecule has 1 aliphatic heterocycles. The summed E-state index contributed by atoms with van der Waals surface area (Å²) < 4.78 is 0. The SMILES string of the molecule is O=C(CSCc1c(Cl)cccc1Cl)NCc1ccccc1CN1CCCC1. The number of thioether (sulfide) groups is 1. The summed E-state index contributed by atoms with van der Waals surface area (Å²) in [6.45, 7) is 3.87. The van der Waals surface area contributed by atoms with E-state index in [9.17, 15) is 4.79 Å². The van der Waals surface area contributed by atoms with E-state index in [-0.39, 0.29) is 5.91 Å². The Morgan fingerprint density at radius 2 is 1.67 bits per heavy atom. The van der Waals surface area contributed by atoms with E-state index in [4.69, 9.17) is 23.2 Å². The molecule has 0 radical (unpaired) electrons. The lowest BCUT2D eigenvalue weighted by Crippen LogP contribution is -2.26. The number of carbonyl (C=O) groups is 1. The molecule has 27 heavy (non-hydrogen) atoms. The van der Waals surface area contributed by atoms with Gasteiger partial charge in [0, 0.05) is 28.9 Å². The summed E-state index contributed by atoms with van der Waals surface area (Å²) in [5, 5.41) is 4.32. The third-order valence-corrected chi connectivity index (χ3v) is 6.40. The van der Waals surface area contributed by atoms with Crippen molar-refractivity contribution in [3.63, 3.8) is 0 Å². The second-order valence-corrected chi connectivity index (χ2v) is 8.52. The first kappa shape index (κ1) is 20.5. The van der Waals surface area contributed by atoms with Crippen molar-refractivity contribution in [2.24, 2.45) is 0 Å². The first-order valence-electron chi connectivity index (χ1n) is 9.20. The number of amides is 1. The Kier molecular flexibility index (Phi) is 7.89. The van der Waals surface area contributed by atoms with E-state index in [0.29, 0.717) is 28.1 Å². The third-order valence-electron chi connectivity index (χ3n) is 4.73. The minimum atomic E-state index is 0.0270. The van der Waals surface area contributed by atoms with Crippen LogP contribution in [0.1, 0.15) is 29.5 Å². The zero-order valence-electron chi connectivity index (χ0n) is 15.2. The highest BCUT2D eigenvalue weighted by molar-refractivity contribution is 7.99. The molecule has 0 spiro atoms. The highest BCUT2D eigenvalue weighted by Gasteiger charge is 2.14. The van der Waals surface area contributed by atoms with E-state index < -0.39 is 0 Å². The fourth-order valence-electron chi connectivity index (χ4n) is 3.23. The maximum atomic E-state index is 12.2. The standard InChI is InChI=1S/C21H24Cl2N2OS/c22-19-8-5-9-20(23)18(19)14-27-15-21(26)24-12-16-6-1-2-7-17(16)13-25-10-3-4-11-25/h1-2,5-9H,3-4,10-15H2,(H,24,26). The number of rotatable bonds is 8. The highest BCUT2D eigenvalue weighted by atomic mass is 35.5. The van der Waals surface area contributed by atoms with Crippen molar-refractivity contribution in [2.45, 2.75) is 31.7 Å². The Balaban J connectivity index is 1.46. The highest BCUT2D eigenvalue weighted by Crippen LogP contribution is 2.28. The maximum absolute atomic E-state index is 12.2. The normalized spacial score (nSPS) is 14.4. The van der Waals surface area contributed by atoms with E-state index in [1.165, 1.54) is 48.8 Å². The van der Waals surface area contributed by atoms with Crippen LogP contribution in [0.15, 0.2) is 42.5 Å². The Morgan fingerprint density at radius 1 is 1.00 bits per heavy atom. The number of halogens is 2. The lowest BCUT2D eigenvalue weighted by atomic mass is 10.1. The van der Waals surface area contributed by atoms with Crippen LogP contribution in [0, 0.1) is 0 Å². The molecule has 0 aliphatic carbocycles. The monoisotopic (exact) mass is 422 g/mol. The van der Waals surface area contributed by atoms with Crippen molar-refractivity contribution >= 4 is 40.9 Å². The van der Waals surface area contributed by atoms with E-state index in [0.717, 1.165) is 12.1 Å². The van der Waals surface area contributed by atoms with Gasteiger partial charge in [-0.2, -0.15) is 0 Å². The summed E-state index contributed by atoms with van der Waals surface area (Å²) >= 11 is 13.9. The Labute approximate surface area is 175 Å². The van der Waals surface area contributed by atoms with Crippen molar-refractivity contribution < 1.29 is 4.79 Å². The lowest BCUT2D eigenvalue weighted by Gasteiger charge is -2.17. The number of benzene rings is 2. The Hall–Kier alpha value is -1.20. The Bertz CT molecular complexity index is 758. The largest absolute Gasteiger partial charge is 0.351 e. The zero-order valence-corrected chi connectivity index (χ0v) is 17.5. The van der Waals surface area contributed by atoms with Crippen LogP contribution in [0.25, 0.3) is 0 Å². The van der Waals surface area contributed by atoms with Gasteiger partial charge in [0.15, 0.2) is 0 Å². The van der Waals surface area contributed by atoms with Crippen LogP contribution in [-0.2, 0) is 23.6 Å². The van der Waals surface area contributed by atoms with Crippen molar-refractivity contribution in [3.05, 3.63) is 69.2 Å². The number of nitrogens with zero attached hydrogens (tertiary/aromatic N) is 1. The number of hydrogen-bond donors (Lipinski definition) is 1. The average Bonchev–Trinajstić information content (AvgIpc) is 3.16. The van der Waals surface area contributed by atoms with Crippen molar-refractivity contribution in [1.82, 2.24) is 10.2 Å². The molecule has 0 atom stereocenters. The minimum absolute atomic E-state index is 0.0270. The van der Waals surface area contributed by atoms with Crippen LogP contribution in [0.4, 0.5) is 0 Å². The molecule has 2 aromatic carbocycles. The van der Waals surface area contributed by atoms with E-state index in [2.05, 4.69) is 28.4 Å². The van der Waals surface area contributed by atoms with Gasteiger partial charge in [0.25, 0.3) is 0 Å². The molecule has 6 heteroatoms. The molecule has 1 N–H and O–H groups in total. The molecule has 0 bridgehead atoms. The minimum Gasteiger partial charge on any atom is -0.351 e. The first-order valence-corrected chi connectivity index (χ1v) is 11.1. The molecule has 0 unspecified atom stereocenters. The number of nitrogens with one attached hydrogen (secondary N) is 1. The summed E-state index contributed by atoms with van der Waals surface area (Å²) in [4.78, 5) is 14.7. The van der Waals surface area contributed by atoms with Gasteiger partial charge in [-0.1, -0.05) is 53.5 Å². The number of carbonyl (C=O) groups excluding carboxylic acids is 1. The molecular formula is C21H24Cl2N2OS. The third kappa shape index (κ3) is 6.15. The van der Waals surface area contributed by atoms with E-state index in [1.54, 1.807) is 0 Å². The van der Waals surface area contributed by atoms with Crippen LogP contribution in [0.5, 0.6) is 0 Å². The van der Waals surface area contributed by atoms with Gasteiger partial charge in [-0.15, -0.1) is 11.8 Å². The Morgan fingerprint density at radius 3 is 2.37 bits per heavy atom. The summed E-state index contributed by atoms with van der Waals surface area (Å²) in [7, 11) is 0. The van der Waals surface area contributed by atoms with E-state index in [1.807, 2.05) is 24.3 Å². The molecule has 0 aromatic heterocycles. The second-order valence-electron chi connectivity index (χ2n) is 6.72. The fourth-order valence-corrected chi connectivity index (χ4v) is 4.82. The van der Waals surface area contributed by atoms with E-state index >= 15 is 0 Å². The van der Waals surface area contributed by atoms with Crippen LogP contribution in [0.3, 0.4) is 0 Å². The number of likely N-dealkylation sites (tertiary alicyclic amines) is 1. The van der Waals surface area contributed by atoms with Crippen molar-refractivity contribution in [2.75, 3.05) is 18.8 Å². The molecule has 3 rings (SSSR count). The summed E-state index contributed by atoms with van der Waals surface area (Å²) in [5.41, 5.74) is 3.38. The fraction of sp³-hybridized carbons (Fsp3) is 0.381. The summed E-state index contributed by atoms with van der Waals surface area (Å²) in [6, 6.07) is 13.8. The molecule has 1 aliphatic rings. The quantitative estimate of drug-likeness (QED) is 0.638. The average molecular weight is 423 g/mol.